The second kappa shape index (κ2) is 7.15. The summed E-state index contributed by atoms with van der Waals surface area (Å²) in [7, 11) is 1.44. The predicted octanol–water partition coefficient (Wildman–Crippen LogP) is 5.76. The molecule has 0 saturated carbocycles. The van der Waals surface area contributed by atoms with Crippen LogP contribution in [0.15, 0.2) is 42.5 Å². The van der Waals surface area contributed by atoms with Gasteiger partial charge in [-0.15, -0.1) is 0 Å². The molecule has 1 atom stereocenters. The fraction of sp³-hybridized carbons (Fsp3) is 0.211. The molecule has 0 amide bonds. The predicted molar refractivity (Wildman–Crippen MR) is 107 cm³/mol. The highest BCUT2D eigenvalue weighted by Gasteiger charge is 2.27. The number of fused-ring (bicyclic) bond motifs is 1. The third-order valence-corrected chi connectivity index (χ3v) is 5.10. The summed E-state index contributed by atoms with van der Waals surface area (Å²) >= 11 is 8.30. The standard InChI is InChI=1S/C19H17ClINO2/c1-3-14(19(23)24-2)17-15-10-13(21)8-9-16(15)22-18(17)11-4-6-12(20)7-5-11/h4-10,14,22H,3H2,1-2H3. The van der Waals surface area contributed by atoms with Gasteiger partial charge in [0.15, 0.2) is 0 Å². The molecular weight excluding hydrogens is 437 g/mol. The Labute approximate surface area is 159 Å². The first-order valence-electron chi connectivity index (χ1n) is 7.70. The minimum Gasteiger partial charge on any atom is -0.469 e. The topological polar surface area (TPSA) is 42.1 Å². The van der Waals surface area contributed by atoms with Gasteiger partial charge in [0.25, 0.3) is 0 Å². The molecule has 2 aromatic carbocycles. The molecular formula is C19H17ClINO2. The minimum absolute atomic E-state index is 0.215. The van der Waals surface area contributed by atoms with Crippen LogP contribution >= 0.6 is 34.2 Å². The monoisotopic (exact) mass is 453 g/mol. The zero-order chi connectivity index (χ0) is 17.3. The number of rotatable bonds is 4. The summed E-state index contributed by atoms with van der Waals surface area (Å²) < 4.78 is 6.17. The molecule has 0 bridgehead atoms. The van der Waals surface area contributed by atoms with Crippen molar-refractivity contribution < 1.29 is 9.53 Å². The summed E-state index contributed by atoms with van der Waals surface area (Å²) in [6, 6.07) is 13.8. The zero-order valence-corrected chi connectivity index (χ0v) is 16.3. The first kappa shape index (κ1) is 17.3. The van der Waals surface area contributed by atoms with Gasteiger partial charge in [0.1, 0.15) is 0 Å². The van der Waals surface area contributed by atoms with Crippen molar-refractivity contribution in [3.8, 4) is 11.3 Å². The molecule has 0 aliphatic heterocycles. The molecule has 3 aromatic rings. The highest BCUT2D eigenvalue weighted by molar-refractivity contribution is 14.1. The van der Waals surface area contributed by atoms with Gasteiger partial charge in [-0.2, -0.15) is 0 Å². The number of hydrogen-bond acceptors (Lipinski definition) is 2. The lowest BCUT2D eigenvalue weighted by molar-refractivity contribution is -0.142. The number of methoxy groups -OCH3 is 1. The van der Waals surface area contributed by atoms with Crippen LogP contribution in [0.5, 0.6) is 0 Å². The Morgan fingerprint density at radius 3 is 2.58 bits per heavy atom. The lowest BCUT2D eigenvalue weighted by Gasteiger charge is -2.15. The van der Waals surface area contributed by atoms with Crippen LogP contribution in [-0.4, -0.2) is 18.1 Å². The number of hydrogen-bond donors (Lipinski definition) is 1. The number of aromatic amines is 1. The van der Waals surface area contributed by atoms with E-state index in [2.05, 4.69) is 33.6 Å². The normalized spacial score (nSPS) is 12.3. The molecule has 3 nitrogen and oxygen atoms in total. The molecule has 0 radical (unpaired) electrons. The fourth-order valence-electron chi connectivity index (χ4n) is 3.02. The largest absolute Gasteiger partial charge is 0.469 e. The lowest BCUT2D eigenvalue weighted by atomic mass is 9.91. The summed E-state index contributed by atoms with van der Waals surface area (Å²) in [4.78, 5) is 15.8. The van der Waals surface area contributed by atoms with Crippen molar-refractivity contribution in [2.24, 2.45) is 0 Å². The molecule has 1 heterocycles. The van der Waals surface area contributed by atoms with E-state index >= 15 is 0 Å². The number of aromatic nitrogens is 1. The Balaban J connectivity index is 2.29. The number of carbonyl (C=O) groups is 1. The van der Waals surface area contributed by atoms with Gasteiger partial charge >= 0.3 is 5.97 Å². The van der Waals surface area contributed by atoms with Gasteiger partial charge in [0.2, 0.25) is 0 Å². The van der Waals surface area contributed by atoms with E-state index in [1.165, 1.54) is 7.11 Å². The molecule has 1 unspecified atom stereocenters. The Hall–Kier alpha value is -1.53. The van der Waals surface area contributed by atoms with Crippen LogP contribution in [0.4, 0.5) is 0 Å². The van der Waals surface area contributed by atoms with Gasteiger partial charge in [-0.1, -0.05) is 30.7 Å². The minimum atomic E-state index is -0.312. The third-order valence-electron chi connectivity index (χ3n) is 4.18. The summed E-state index contributed by atoms with van der Waals surface area (Å²) in [5.74, 6) is -0.528. The van der Waals surface area contributed by atoms with Crippen molar-refractivity contribution >= 4 is 51.1 Å². The van der Waals surface area contributed by atoms with E-state index in [1.54, 1.807) is 0 Å². The first-order chi connectivity index (χ1) is 11.5. The maximum absolute atomic E-state index is 12.3. The highest BCUT2D eigenvalue weighted by Crippen LogP contribution is 2.38. The van der Waals surface area contributed by atoms with Crippen molar-refractivity contribution in [3.63, 3.8) is 0 Å². The fourth-order valence-corrected chi connectivity index (χ4v) is 3.64. The number of halogens is 2. The van der Waals surface area contributed by atoms with Gasteiger partial charge in [0, 0.05) is 19.5 Å². The van der Waals surface area contributed by atoms with Crippen LogP contribution in [0.25, 0.3) is 22.2 Å². The zero-order valence-electron chi connectivity index (χ0n) is 13.4. The number of ether oxygens (including phenoxy) is 1. The highest BCUT2D eigenvalue weighted by atomic mass is 127. The third kappa shape index (κ3) is 3.17. The van der Waals surface area contributed by atoms with Crippen LogP contribution in [-0.2, 0) is 9.53 Å². The quantitative estimate of drug-likeness (QED) is 0.403. The van der Waals surface area contributed by atoms with Crippen LogP contribution < -0.4 is 0 Å². The first-order valence-corrected chi connectivity index (χ1v) is 9.15. The van der Waals surface area contributed by atoms with E-state index < -0.39 is 0 Å². The molecule has 0 saturated heterocycles. The summed E-state index contributed by atoms with van der Waals surface area (Å²) in [6.07, 6.45) is 0.672. The summed E-state index contributed by atoms with van der Waals surface area (Å²) in [5.41, 5.74) is 3.95. The van der Waals surface area contributed by atoms with Gasteiger partial charge in [0.05, 0.1) is 18.7 Å². The second-order valence-electron chi connectivity index (χ2n) is 5.59. The van der Waals surface area contributed by atoms with E-state index in [9.17, 15) is 4.79 Å². The number of carbonyl (C=O) groups excluding carboxylic acids is 1. The van der Waals surface area contributed by atoms with Gasteiger partial charge in [-0.3, -0.25) is 4.79 Å². The Morgan fingerprint density at radius 1 is 1.25 bits per heavy atom. The van der Waals surface area contributed by atoms with Crippen molar-refractivity contribution in [3.05, 3.63) is 56.6 Å². The molecule has 3 rings (SSSR count). The Morgan fingerprint density at radius 2 is 1.96 bits per heavy atom. The van der Waals surface area contributed by atoms with Crippen LogP contribution in [0, 0.1) is 3.57 Å². The molecule has 1 N–H and O–H groups in total. The van der Waals surface area contributed by atoms with E-state index in [0.29, 0.717) is 11.4 Å². The van der Waals surface area contributed by atoms with Crippen molar-refractivity contribution in [2.75, 3.05) is 7.11 Å². The number of nitrogens with one attached hydrogen (secondary N) is 1. The second-order valence-corrected chi connectivity index (χ2v) is 7.28. The average Bonchev–Trinajstić information content (AvgIpc) is 2.94. The smallest absolute Gasteiger partial charge is 0.313 e. The summed E-state index contributed by atoms with van der Waals surface area (Å²) in [6.45, 7) is 2.00. The molecule has 0 spiro atoms. The van der Waals surface area contributed by atoms with E-state index in [4.69, 9.17) is 16.3 Å². The molecule has 0 fully saturated rings. The van der Waals surface area contributed by atoms with Crippen LogP contribution in [0.2, 0.25) is 5.02 Å². The van der Waals surface area contributed by atoms with Crippen molar-refractivity contribution in [1.29, 1.82) is 0 Å². The molecule has 0 aliphatic rings. The maximum Gasteiger partial charge on any atom is 0.313 e. The van der Waals surface area contributed by atoms with Crippen LogP contribution in [0.1, 0.15) is 24.8 Å². The van der Waals surface area contributed by atoms with Crippen molar-refractivity contribution in [1.82, 2.24) is 4.98 Å². The number of esters is 1. The Bertz CT molecular complexity index is 886. The van der Waals surface area contributed by atoms with Gasteiger partial charge < -0.3 is 9.72 Å². The molecule has 1 aromatic heterocycles. The molecule has 24 heavy (non-hydrogen) atoms. The number of benzene rings is 2. The maximum atomic E-state index is 12.3. The SMILES string of the molecule is CCC(C(=O)OC)c1c(-c2ccc(Cl)cc2)[nH]c2ccc(I)cc12. The van der Waals surface area contributed by atoms with Crippen molar-refractivity contribution in [2.45, 2.75) is 19.3 Å². The van der Waals surface area contributed by atoms with Gasteiger partial charge in [-0.05, 0) is 70.5 Å². The average molecular weight is 454 g/mol. The molecule has 124 valence electrons. The van der Waals surface area contributed by atoms with Gasteiger partial charge in [-0.25, -0.2) is 0 Å². The van der Waals surface area contributed by atoms with Crippen LogP contribution in [0.3, 0.4) is 0 Å². The molecule has 0 aliphatic carbocycles. The van der Waals surface area contributed by atoms with E-state index in [-0.39, 0.29) is 11.9 Å². The molecule has 5 heteroatoms. The van der Waals surface area contributed by atoms with E-state index in [1.807, 2.05) is 43.3 Å². The summed E-state index contributed by atoms with van der Waals surface area (Å²) in [5, 5.41) is 1.75. The van der Waals surface area contributed by atoms with E-state index in [0.717, 1.165) is 31.3 Å². The lowest BCUT2D eigenvalue weighted by Crippen LogP contribution is -2.14. The Kier molecular flexibility index (Phi) is 5.15. The number of H-pyrrole nitrogens is 1.